The van der Waals surface area contributed by atoms with E-state index in [9.17, 15) is 0 Å². The van der Waals surface area contributed by atoms with Crippen LogP contribution in [0.4, 0.5) is 0 Å². The minimum atomic E-state index is 0.862. The van der Waals surface area contributed by atoms with Gasteiger partial charge in [-0.05, 0) is 47.0 Å². The lowest BCUT2D eigenvalue weighted by Gasteiger charge is -2.04. The highest BCUT2D eigenvalue weighted by atomic mass is 79.9. The van der Waals surface area contributed by atoms with Crippen LogP contribution < -0.4 is 0 Å². The quantitative estimate of drug-likeness (QED) is 0.712. The van der Waals surface area contributed by atoms with Crippen molar-refractivity contribution in [3.63, 3.8) is 0 Å². The summed E-state index contributed by atoms with van der Waals surface area (Å²) in [5.41, 5.74) is 5.27. The summed E-state index contributed by atoms with van der Waals surface area (Å²) in [5, 5.41) is 4.65. The molecule has 0 saturated heterocycles. The summed E-state index contributed by atoms with van der Waals surface area (Å²) in [7, 11) is 0. The lowest BCUT2D eigenvalue weighted by Crippen LogP contribution is -1.95. The molecule has 0 amide bonds. The molecular formula is C16H16BrN3. The number of fused-ring (bicyclic) bond motifs is 1. The molecule has 0 bridgehead atoms. The number of nitrogens with zero attached hydrogens (tertiary/aromatic N) is 3. The fourth-order valence-corrected chi connectivity index (χ4v) is 2.65. The SMILES string of the molecule is CCCc1ccc(-c2ccc3nc(C)c(Br)n3n2)cc1. The Balaban J connectivity index is 2.03. The third-order valence-corrected chi connectivity index (χ3v) is 4.28. The number of aryl methyl sites for hydroxylation is 2. The number of benzene rings is 1. The second-order valence-electron chi connectivity index (χ2n) is 4.92. The van der Waals surface area contributed by atoms with Crippen LogP contribution in [-0.4, -0.2) is 14.6 Å². The zero-order valence-corrected chi connectivity index (χ0v) is 13.2. The van der Waals surface area contributed by atoms with Gasteiger partial charge in [-0.25, -0.2) is 9.50 Å². The standard InChI is InChI=1S/C16H16BrN3/c1-3-4-12-5-7-13(8-6-12)14-9-10-15-18-11(2)16(17)20(15)19-14/h5-10H,3-4H2,1-2H3. The van der Waals surface area contributed by atoms with E-state index in [-0.39, 0.29) is 0 Å². The zero-order valence-electron chi connectivity index (χ0n) is 11.6. The molecule has 0 aliphatic rings. The van der Waals surface area contributed by atoms with Crippen molar-refractivity contribution < 1.29 is 0 Å². The van der Waals surface area contributed by atoms with Gasteiger partial charge < -0.3 is 0 Å². The monoisotopic (exact) mass is 329 g/mol. The van der Waals surface area contributed by atoms with Crippen LogP contribution in [0.2, 0.25) is 0 Å². The Labute approximate surface area is 126 Å². The van der Waals surface area contributed by atoms with Crippen molar-refractivity contribution in [3.05, 3.63) is 52.3 Å². The van der Waals surface area contributed by atoms with E-state index in [1.807, 2.05) is 23.6 Å². The Kier molecular flexibility index (Phi) is 3.57. The molecule has 3 aromatic rings. The van der Waals surface area contributed by atoms with Crippen molar-refractivity contribution in [3.8, 4) is 11.3 Å². The van der Waals surface area contributed by atoms with E-state index in [0.717, 1.165) is 33.6 Å². The minimum absolute atomic E-state index is 0.862. The molecular weight excluding hydrogens is 314 g/mol. The van der Waals surface area contributed by atoms with Crippen molar-refractivity contribution in [2.45, 2.75) is 26.7 Å². The Hall–Kier alpha value is -1.68. The molecule has 0 aliphatic carbocycles. The van der Waals surface area contributed by atoms with Gasteiger partial charge in [0.15, 0.2) is 5.65 Å². The summed E-state index contributed by atoms with van der Waals surface area (Å²) in [6, 6.07) is 12.6. The second-order valence-corrected chi connectivity index (χ2v) is 5.67. The van der Waals surface area contributed by atoms with Gasteiger partial charge in [0, 0.05) is 5.56 Å². The molecule has 3 rings (SSSR count). The highest BCUT2D eigenvalue weighted by Crippen LogP contribution is 2.22. The molecule has 0 radical (unpaired) electrons. The molecule has 1 aromatic carbocycles. The Morgan fingerprint density at radius 3 is 2.55 bits per heavy atom. The van der Waals surface area contributed by atoms with Gasteiger partial charge >= 0.3 is 0 Å². The highest BCUT2D eigenvalue weighted by molar-refractivity contribution is 9.10. The van der Waals surface area contributed by atoms with E-state index in [1.54, 1.807) is 0 Å². The van der Waals surface area contributed by atoms with E-state index in [4.69, 9.17) is 0 Å². The normalized spacial score (nSPS) is 11.2. The van der Waals surface area contributed by atoms with Crippen molar-refractivity contribution in [1.82, 2.24) is 14.6 Å². The molecule has 0 saturated carbocycles. The smallest absolute Gasteiger partial charge is 0.155 e. The number of imidazole rings is 1. The molecule has 2 heterocycles. The van der Waals surface area contributed by atoms with E-state index in [2.05, 4.69) is 57.2 Å². The average molecular weight is 330 g/mol. The number of hydrogen-bond acceptors (Lipinski definition) is 2. The molecule has 20 heavy (non-hydrogen) atoms. The maximum atomic E-state index is 4.65. The first-order valence-electron chi connectivity index (χ1n) is 6.80. The van der Waals surface area contributed by atoms with E-state index in [0.29, 0.717) is 0 Å². The minimum Gasteiger partial charge on any atom is -0.231 e. The molecule has 4 heteroatoms. The summed E-state index contributed by atoms with van der Waals surface area (Å²) in [5.74, 6) is 0. The molecule has 0 spiro atoms. The molecule has 3 nitrogen and oxygen atoms in total. The summed E-state index contributed by atoms with van der Waals surface area (Å²) in [4.78, 5) is 4.44. The lowest BCUT2D eigenvalue weighted by atomic mass is 10.1. The maximum absolute atomic E-state index is 4.65. The van der Waals surface area contributed by atoms with Gasteiger partial charge in [0.05, 0.1) is 11.4 Å². The Bertz CT molecular complexity index is 744. The molecule has 0 N–H and O–H groups in total. The van der Waals surface area contributed by atoms with Crippen LogP contribution in [0.3, 0.4) is 0 Å². The zero-order chi connectivity index (χ0) is 14.1. The molecule has 0 aliphatic heterocycles. The third-order valence-electron chi connectivity index (χ3n) is 3.37. The van der Waals surface area contributed by atoms with Gasteiger partial charge in [-0.15, -0.1) is 0 Å². The molecule has 0 unspecified atom stereocenters. The van der Waals surface area contributed by atoms with Crippen LogP contribution in [0, 0.1) is 6.92 Å². The van der Waals surface area contributed by atoms with Crippen LogP contribution >= 0.6 is 15.9 Å². The average Bonchev–Trinajstić information content (AvgIpc) is 2.75. The molecule has 102 valence electrons. The summed E-state index contributed by atoms with van der Waals surface area (Å²) in [6.07, 6.45) is 2.30. The van der Waals surface area contributed by atoms with E-state index in [1.165, 1.54) is 12.0 Å². The Morgan fingerprint density at radius 2 is 1.85 bits per heavy atom. The first-order valence-corrected chi connectivity index (χ1v) is 7.59. The van der Waals surface area contributed by atoms with E-state index >= 15 is 0 Å². The van der Waals surface area contributed by atoms with E-state index < -0.39 is 0 Å². The number of hydrogen-bond donors (Lipinski definition) is 0. The van der Waals surface area contributed by atoms with Gasteiger partial charge in [0.25, 0.3) is 0 Å². The number of halogens is 1. The molecule has 2 aromatic heterocycles. The fraction of sp³-hybridized carbons (Fsp3) is 0.250. The van der Waals surface area contributed by atoms with Crippen LogP contribution in [-0.2, 0) is 6.42 Å². The molecule has 0 atom stereocenters. The first-order chi connectivity index (χ1) is 9.69. The predicted molar refractivity (Wildman–Crippen MR) is 84.9 cm³/mol. The van der Waals surface area contributed by atoms with Crippen molar-refractivity contribution in [1.29, 1.82) is 0 Å². The van der Waals surface area contributed by atoms with Crippen molar-refractivity contribution >= 4 is 21.6 Å². The van der Waals surface area contributed by atoms with Crippen LogP contribution in [0.25, 0.3) is 16.9 Å². The molecule has 0 fully saturated rings. The largest absolute Gasteiger partial charge is 0.231 e. The predicted octanol–water partition coefficient (Wildman–Crippen LogP) is 4.42. The summed E-state index contributed by atoms with van der Waals surface area (Å²) in [6.45, 7) is 4.17. The van der Waals surface area contributed by atoms with Gasteiger partial charge in [0.1, 0.15) is 4.60 Å². The van der Waals surface area contributed by atoms with Crippen LogP contribution in [0.15, 0.2) is 41.0 Å². The van der Waals surface area contributed by atoms with Crippen LogP contribution in [0.5, 0.6) is 0 Å². The third kappa shape index (κ3) is 2.36. The summed E-state index contributed by atoms with van der Waals surface area (Å²) < 4.78 is 2.75. The lowest BCUT2D eigenvalue weighted by molar-refractivity contribution is 0.915. The van der Waals surface area contributed by atoms with Gasteiger partial charge in [-0.2, -0.15) is 5.10 Å². The number of rotatable bonds is 3. The topological polar surface area (TPSA) is 30.2 Å². The van der Waals surface area contributed by atoms with Crippen molar-refractivity contribution in [2.75, 3.05) is 0 Å². The van der Waals surface area contributed by atoms with Gasteiger partial charge in [0.2, 0.25) is 0 Å². The van der Waals surface area contributed by atoms with Gasteiger partial charge in [-0.3, -0.25) is 0 Å². The number of aromatic nitrogens is 3. The van der Waals surface area contributed by atoms with Gasteiger partial charge in [-0.1, -0.05) is 37.6 Å². The first kappa shape index (κ1) is 13.3. The highest BCUT2D eigenvalue weighted by Gasteiger charge is 2.08. The summed E-state index contributed by atoms with van der Waals surface area (Å²) >= 11 is 3.53. The Morgan fingerprint density at radius 1 is 1.10 bits per heavy atom. The van der Waals surface area contributed by atoms with Crippen LogP contribution in [0.1, 0.15) is 24.6 Å². The maximum Gasteiger partial charge on any atom is 0.155 e. The second kappa shape index (κ2) is 5.37. The fourth-order valence-electron chi connectivity index (χ4n) is 2.30. The van der Waals surface area contributed by atoms with Crippen molar-refractivity contribution in [2.24, 2.45) is 0 Å².